The smallest absolute Gasteiger partial charge is 0.120 e. The lowest BCUT2D eigenvalue weighted by Crippen LogP contribution is -2.35. The van der Waals surface area contributed by atoms with Crippen molar-refractivity contribution in [1.82, 2.24) is 4.57 Å². The van der Waals surface area contributed by atoms with E-state index in [1.165, 1.54) is 22.2 Å². The van der Waals surface area contributed by atoms with Crippen LogP contribution in [-0.2, 0) is 17.7 Å². The van der Waals surface area contributed by atoms with E-state index >= 15 is 0 Å². The normalized spacial score (nSPS) is 19.1. The molecule has 1 aliphatic rings. The second kappa shape index (κ2) is 5.92. The molecule has 0 amide bonds. The molecule has 0 radical (unpaired) electrons. The fraction of sp³-hybridized carbons (Fsp3) is 0.364. The van der Waals surface area contributed by atoms with Gasteiger partial charge in [-0.1, -0.05) is 43.3 Å². The third kappa shape index (κ3) is 2.73. The van der Waals surface area contributed by atoms with E-state index in [0.29, 0.717) is 12.3 Å². The predicted molar refractivity (Wildman–Crippen MR) is 101 cm³/mol. The molecule has 1 aliphatic heterocycles. The minimum atomic E-state index is -0.155. The van der Waals surface area contributed by atoms with Gasteiger partial charge < -0.3 is 14.4 Å². The van der Waals surface area contributed by atoms with Gasteiger partial charge in [-0.05, 0) is 38.0 Å². The van der Waals surface area contributed by atoms with Gasteiger partial charge in [-0.15, -0.1) is 0 Å². The molecular formula is C22H25NO2. The molecule has 2 aromatic carbocycles. The maximum atomic E-state index is 10.2. The van der Waals surface area contributed by atoms with E-state index in [1.54, 1.807) is 6.07 Å². The molecule has 1 atom stereocenters. The van der Waals surface area contributed by atoms with E-state index in [1.807, 2.05) is 18.2 Å². The predicted octanol–water partition coefficient (Wildman–Crippen LogP) is 5.20. The van der Waals surface area contributed by atoms with Gasteiger partial charge in [-0.2, -0.15) is 0 Å². The highest BCUT2D eigenvalue weighted by molar-refractivity contribution is 5.86. The average molecular weight is 335 g/mol. The summed E-state index contributed by atoms with van der Waals surface area (Å²) in [7, 11) is 0. The Bertz CT molecular complexity index is 923. The molecule has 1 N–H and O–H groups in total. The summed E-state index contributed by atoms with van der Waals surface area (Å²) >= 11 is 0. The van der Waals surface area contributed by atoms with E-state index in [4.69, 9.17) is 4.74 Å². The SMILES string of the molecule is CC[C@@H]1OC(C)(C)Cc2c1n(Cc1ccccc1O)c1ccccc21. The number of phenols is 1. The van der Waals surface area contributed by atoms with Gasteiger partial charge in [0, 0.05) is 22.9 Å². The third-order valence-corrected chi connectivity index (χ3v) is 5.18. The minimum absolute atomic E-state index is 0.0806. The van der Waals surface area contributed by atoms with Crippen molar-refractivity contribution in [2.45, 2.75) is 51.9 Å². The molecule has 0 unspecified atom stereocenters. The molecule has 2 heterocycles. The minimum Gasteiger partial charge on any atom is -0.508 e. The number of hydrogen-bond donors (Lipinski definition) is 1. The Morgan fingerprint density at radius 1 is 1.12 bits per heavy atom. The van der Waals surface area contributed by atoms with Crippen LogP contribution >= 0.6 is 0 Å². The summed E-state index contributed by atoms with van der Waals surface area (Å²) in [4.78, 5) is 0. The van der Waals surface area contributed by atoms with Gasteiger partial charge in [0.1, 0.15) is 5.75 Å². The molecule has 0 aliphatic carbocycles. The van der Waals surface area contributed by atoms with Crippen LogP contribution in [0, 0.1) is 0 Å². The van der Waals surface area contributed by atoms with Crippen LogP contribution in [0.4, 0.5) is 0 Å². The van der Waals surface area contributed by atoms with Gasteiger partial charge in [0.05, 0.1) is 23.9 Å². The molecule has 3 nitrogen and oxygen atoms in total. The fourth-order valence-corrected chi connectivity index (χ4v) is 4.12. The number of fused-ring (bicyclic) bond motifs is 3. The third-order valence-electron chi connectivity index (χ3n) is 5.18. The zero-order valence-corrected chi connectivity index (χ0v) is 15.1. The molecule has 25 heavy (non-hydrogen) atoms. The van der Waals surface area contributed by atoms with E-state index in [9.17, 15) is 5.11 Å². The molecule has 0 bridgehead atoms. The maximum Gasteiger partial charge on any atom is 0.120 e. The Labute approximate surface area is 148 Å². The molecule has 3 aromatic rings. The number of aromatic hydroxyl groups is 1. The first-order chi connectivity index (χ1) is 12.0. The van der Waals surface area contributed by atoms with Gasteiger partial charge in [0.25, 0.3) is 0 Å². The van der Waals surface area contributed by atoms with Crippen molar-refractivity contribution in [3.63, 3.8) is 0 Å². The number of benzene rings is 2. The van der Waals surface area contributed by atoms with Crippen LogP contribution in [0.1, 0.15) is 50.1 Å². The first-order valence-corrected chi connectivity index (χ1v) is 9.05. The monoisotopic (exact) mass is 335 g/mol. The van der Waals surface area contributed by atoms with Gasteiger partial charge in [0.15, 0.2) is 0 Å². The van der Waals surface area contributed by atoms with Gasteiger partial charge >= 0.3 is 0 Å². The number of ether oxygens (including phenoxy) is 1. The van der Waals surface area contributed by atoms with Crippen molar-refractivity contribution >= 4 is 10.9 Å². The first-order valence-electron chi connectivity index (χ1n) is 9.05. The number of phenolic OH excluding ortho intramolecular Hbond substituents is 1. The quantitative estimate of drug-likeness (QED) is 0.714. The summed E-state index contributed by atoms with van der Waals surface area (Å²) in [6, 6.07) is 16.2. The van der Waals surface area contributed by atoms with Crippen molar-refractivity contribution in [1.29, 1.82) is 0 Å². The zero-order chi connectivity index (χ0) is 17.6. The molecular weight excluding hydrogens is 310 g/mol. The van der Waals surface area contributed by atoms with Gasteiger partial charge in [-0.25, -0.2) is 0 Å². The van der Waals surface area contributed by atoms with E-state index in [0.717, 1.165) is 18.4 Å². The number of para-hydroxylation sites is 2. The zero-order valence-electron chi connectivity index (χ0n) is 15.1. The largest absolute Gasteiger partial charge is 0.508 e. The van der Waals surface area contributed by atoms with Crippen molar-refractivity contribution in [2.24, 2.45) is 0 Å². The molecule has 130 valence electrons. The van der Waals surface area contributed by atoms with Crippen LogP contribution < -0.4 is 0 Å². The van der Waals surface area contributed by atoms with Crippen molar-refractivity contribution in [3.8, 4) is 5.75 Å². The summed E-state index contributed by atoms with van der Waals surface area (Å²) in [6.45, 7) is 7.18. The maximum absolute atomic E-state index is 10.2. The molecule has 0 saturated carbocycles. The summed E-state index contributed by atoms with van der Waals surface area (Å²) in [6.07, 6.45) is 1.93. The molecule has 1 aromatic heterocycles. The first kappa shape index (κ1) is 16.2. The molecule has 0 fully saturated rings. The van der Waals surface area contributed by atoms with Crippen molar-refractivity contribution in [2.75, 3.05) is 0 Å². The Balaban J connectivity index is 1.94. The fourth-order valence-electron chi connectivity index (χ4n) is 4.12. The van der Waals surface area contributed by atoms with Crippen molar-refractivity contribution < 1.29 is 9.84 Å². The van der Waals surface area contributed by atoms with Crippen LogP contribution in [0.3, 0.4) is 0 Å². The van der Waals surface area contributed by atoms with Crippen LogP contribution in [0.25, 0.3) is 10.9 Å². The molecule has 4 rings (SSSR count). The number of hydrogen-bond acceptors (Lipinski definition) is 2. The summed E-state index contributed by atoms with van der Waals surface area (Å²) < 4.78 is 8.74. The van der Waals surface area contributed by atoms with Gasteiger partial charge in [0.2, 0.25) is 0 Å². The second-order valence-corrected chi connectivity index (χ2v) is 7.55. The lowest BCUT2D eigenvalue weighted by atomic mass is 9.90. The molecule has 0 spiro atoms. The lowest BCUT2D eigenvalue weighted by Gasteiger charge is -2.37. The molecule has 0 saturated heterocycles. The Morgan fingerprint density at radius 3 is 2.60 bits per heavy atom. The number of rotatable bonds is 3. The van der Waals surface area contributed by atoms with Crippen LogP contribution in [0.15, 0.2) is 48.5 Å². The van der Waals surface area contributed by atoms with E-state index < -0.39 is 0 Å². The second-order valence-electron chi connectivity index (χ2n) is 7.55. The Morgan fingerprint density at radius 2 is 1.84 bits per heavy atom. The Hall–Kier alpha value is -2.26. The van der Waals surface area contributed by atoms with E-state index in [-0.39, 0.29) is 11.7 Å². The molecule has 3 heteroatoms. The van der Waals surface area contributed by atoms with E-state index in [2.05, 4.69) is 49.6 Å². The van der Waals surface area contributed by atoms with Crippen molar-refractivity contribution in [3.05, 3.63) is 65.4 Å². The Kier molecular flexibility index (Phi) is 3.84. The topological polar surface area (TPSA) is 34.4 Å². The van der Waals surface area contributed by atoms with Crippen LogP contribution in [-0.4, -0.2) is 15.3 Å². The number of nitrogens with zero attached hydrogens (tertiary/aromatic N) is 1. The summed E-state index contributed by atoms with van der Waals surface area (Å²) in [5.41, 5.74) is 4.67. The highest BCUT2D eigenvalue weighted by Gasteiger charge is 2.36. The van der Waals surface area contributed by atoms with Gasteiger partial charge in [-0.3, -0.25) is 0 Å². The van der Waals surface area contributed by atoms with Crippen LogP contribution in [0.5, 0.6) is 5.75 Å². The summed E-state index contributed by atoms with van der Waals surface area (Å²) in [5.74, 6) is 0.346. The average Bonchev–Trinajstić information content (AvgIpc) is 2.89. The highest BCUT2D eigenvalue weighted by Crippen LogP contribution is 2.43. The van der Waals surface area contributed by atoms with Crippen LogP contribution in [0.2, 0.25) is 0 Å². The highest BCUT2D eigenvalue weighted by atomic mass is 16.5. The summed E-state index contributed by atoms with van der Waals surface area (Å²) in [5, 5.41) is 11.6. The lowest BCUT2D eigenvalue weighted by molar-refractivity contribution is -0.0887. The standard InChI is InChI=1S/C22H25NO2/c1-4-20-21-17(13-22(2,3)25-20)16-10-6-7-11-18(16)23(21)14-15-9-5-8-12-19(15)24/h5-12,20,24H,4,13-14H2,1-3H3/t20-/m0/s1. The number of aromatic nitrogens is 1.